The van der Waals surface area contributed by atoms with E-state index in [4.69, 9.17) is 16.3 Å². The van der Waals surface area contributed by atoms with Crippen LogP contribution in [-0.2, 0) is 14.3 Å². The van der Waals surface area contributed by atoms with Crippen molar-refractivity contribution >= 4 is 40.8 Å². The van der Waals surface area contributed by atoms with Crippen LogP contribution in [0.4, 0.5) is 11.4 Å². The van der Waals surface area contributed by atoms with Crippen molar-refractivity contribution in [2.75, 3.05) is 23.4 Å². The maximum absolute atomic E-state index is 12.5. The molecule has 0 radical (unpaired) electrons. The van der Waals surface area contributed by atoms with Gasteiger partial charge in [-0.1, -0.05) is 29.8 Å². The Kier molecular flexibility index (Phi) is 6.96. The van der Waals surface area contributed by atoms with Crippen LogP contribution in [0.15, 0.2) is 42.5 Å². The van der Waals surface area contributed by atoms with Crippen LogP contribution in [0.1, 0.15) is 29.8 Å². The lowest BCUT2D eigenvalue weighted by Crippen LogP contribution is -2.37. The zero-order valence-corrected chi connectivity index (χ0v) is 16.2. The van der Waals surface area contributed by atoms with Gasteiger partial charge >= 0.3 is 5.97 Å². The first kappa shape index (κ1) is 20.5. The first-order valence-electron chi connectivity index (χ1n) is 8.44. The van der Waals surface area contributed by atoms with Crippen LogP contribution in [0, 0.1) is 6.92 Å². The Morgan fingerprint density at radius 1 is 1.11 bits per heavy atom. The highest BCUT2D eigenvalue weighted by Crippen LogP contribution is 2.26. The largest absolute Gasteiger partial charge is 0.462 e. The normalized spacial score (nSPS) is 10.2. The minimum atomic E-state index is -0.525. The number of carbonyl (C=O) groups is 3. The molecule has 0 fully saturated rings. The summed E-state index contributed by atoms with van der Waals surface area (Å²) in [6.45, 7) is 4.87. The van der Waals surface area contributed by atoms with Gasteiger partial charge in [-0.3, -0.25) is 9.59 Å². The van der Waals surface area contributed by atoms with Crippen LogP contribution in [-0.4, -0.2) is 30.9 Å². The summed E-state index contributed by atoms with van der Waals surface area (Å²) in [5.74, 6) is -1.27. The molecule has 0 spiro atoms. The number of anilines is 2. The van der Waals surface area contributed by atoms with E-state index in [1.807, 2.05) is 0 Å². The average molecular weight is 389 g/mol. The number of nitrogens with zero attached hydrogens (tertiary/aromatic N) is 1. The molecular formula is C20H21ClN2O4. The molecule has 0 unspecified atom stereocenters. The van der Waals surface area contributed by atoms with E-state index in [1.54, 1.807) is 56.3 Å². The molecule has 1 N–H and O–H groups in total. The van der Waals surface area contributed by atoms with E-state index in [-0.39, 0.29) is 24.6 Å². The van der Waals surface area contributed by atoms with Gasteiger partial charge in [-0.2, -0.15) is 0 Å². The summed E-state index contributed by atoms with van der Waals surface area (Å²) in [6.07, 6.45) is 0. The molecule has 6 nitrogen and oxygen atoms in total. The highest BCUT2D eigenvalue weighted by molar-refractivity contribution is 6.31. The molecule has 0 aliphatic carbocycles. The summed E-state index contributed by atoms with van der Waals surface area (Å²) in [5.41, 5.74) is 1.84. The zero-order chi connectivity index (χ0) is 20.0. The molecule has 27 heavy (non-hydrogen) atoms. The fraction of sp³-hybridized carbons (Fsp3) is 0.250. The molecular weight excluding hydrogens is 368 g/mol. The Hall–Kier alpha value is -2.86. The third-order valence-electron chi connectivity index (χ3n) is 3.91. The monoisotopic (exact) mass is 388 g/mol. The van der Waals surface area contributed by atoms with E-state index in [2.05, 4.69) is 5.32 Å². The molecule has 2 aromatic carbocycles. The summed E-state index contributed by atoms with van der Waals surface area (Å²) in [6, 6.07) is 11.7. The van der Waals surface area contributed by atoms with Crippen LogP contribution in [0.3, 0.4) is 0 Å². The third kappa shape index (κ3) is 5.08. The van der Waals surface area contributed by atoms with Crippen LogP contribution >= 0.6 is 11.6 Å². The van der Waals surface area contributed by atoms with Crippen molar-refractivity contribution in [2.45, 2.75) is 20.8 Å². The molecule has 0 aromatic heterocycles. The fourth-order valence-electron chi connectivity index (χ4n) is 2.57. The Labute approximate surface area is 163 Å². The van der Waals surface area contributed by atoms with E-state index >= 15 is 0 Å². The van der Waals surface area contributed by atoms with Crippen molar-refractivity contribution < 1.29 is 19.1 Å². The fourth-order valence-corrected chi connectivity index (χ4v) is 2.74. The summed E-state index contributed by atoms with van der Waals surface area (Å²) < 4.78 is 5.00. The second kappa shape index (κ2) is 9.19. The Bertz CT molecular complexity index is 867. The Morgan fingerprint density at radius 2 is 1.81 bits per heavy atom. The number of carbonyl (C=O) groups excluding carboxylic acids is 3. The number of amides is 2. The molecule has 7 heteroatoms. The molecule has 0 saturated carbocycles. The number of benzene rings is 2. The SMILES string of the molecule is CCOC(=O)c1ccccc1NC(=O)CN(C(C)=O)c1cccc(Cl)c1C. The molecule has 0 heterocycles. The molecule has 2 aromatic rings. The molecule has 2 amide bonds. The quantitative estimate of drug-likeness (QED) is 0.763. The number of esters is 1. The van der Waals surface area contributed by atoms with Crippen molar-refractivity contribution in [3.8, 4) is 0 Å². The van der Waals surface area contributed by atoms with E-state index in [0.717, 1.165) is 0 Å². The van der Waals surface area contributed by atoms with Crippen molar-refractivity contribution in [3.05, 3.63) is 58.6 Å². The summed E-state index contributed by atoms with van der Waals surface area (Å²) in [7, 11) is 0. The number of para-hydroxylation sites is 1. The van der Waals surface area contributed by atoms with Crippen LogP contribution < -0.4 is 10.2 Å². The number of ether oxygens (including phenoxy) is 1. The van der Waals surface area contributed by atoms with E-state index in [0.29, 0.717) is 22.0 Å². The molecule has 2 rings (SSSR count). The number of nitrogens with one attached hydrogen (secondary N) is 1. The Morgan fingerprint density at radius 3 is 2.48 bits per heavy atom. The van der Waals surface area contributed by atoms with Crippen molar-refractivity contribution in [1.82, 2.24) is 0 Å². The van der Waals surface area contributed by atoms with Gasteiger partial charge in [0.05, 0.1) is 17.9 Å². The van der Waals surface area contributed by atoms with Gasteiger partial charge in [-0.15, -0.1) is 0 Å². The number of hydrogen-bond donors (Lipinski definition) is 1. The zero-order valence-electron chi connectivity index (χ0n) is 15.4. The maximum Gasteiger partial charge on any atom is 0.340 e. The lowest BCUT2D eigenvalue weighted by atomic mass is 10.1. The number of halogens is 1. The number of rotatable bonds is 6. The molecule has 0 atom stereocenters. The average Bonchev–Trinajstić information content (AvgIpc) is 2.63. The summed E-state index contributed by atoms with van der Waals surface area (Å²) >= 11 is 6.12. The molecule has 0 saturated heterocycles. The summed E-state index contributed by atoms with van der Waals surface area (Å²) in [5, 5.41) is 3.18. The van der Waals surface area contributed by atoms with Crippen molar-refractivity contribution in [3.63, 3.8) is 0 Å². The smallest absolute Gasteiger partial charge is 0.340 e. The second-order valence-electron chi connectivity index (χ2n) is 5.80. The van der Waals surface area contributed by atoms with E-state index in [1.165, 1.54) is 11.8 Å². The van der Waals surface area contributed by atoms with Gasteiger partial charge in [0.1, 0.15) is 6.54 Å². The van der Waals surface area contributed by atoms with Crippen molar-refractivity contribution in [1.29, 1.82) is 0 Å². The van der Waals surface area contributed by atoms with Crippen LogP contribution in [0.5, 0.6) is 0 Å². The molecule has 0 bridgehead atoms. The lowest BCUT2D eigenvalue weighted by Gasteiger charge is -2.23. The van der Waals surface area contributed by atoms with Crippen LogP contribution in [0.25, 0.3) is 0 Å². The topological polar surface area (TPSA) is 75.7 Å². The predicted octanol–water partition coefficient (Wildman–Crippen LogP) is 3.82. The van der Waals surface area contributed by atoms with Gasteiger partial charge in [0.15, 0.2) is 0 Å². The Balaban J connectivity index is 2.22. The first-order valence-corrected chi connectivity index (χ1v) is 8.82. The standard InChI is InChI=1S/C20H21ClN2O4/c1-4-27-20(26)15-8-5-6-10-17(15)22-19(25)12-23(14(3)24)18-11-7-9-16(21)13(18)2/h5-11H,4,12H2,1-3H3,(H,22,25). The number of hydrogen-bond acceptors (Lipinski definition) is 4. The second-order valence-corrected chi connectivity index (χ2v) is 6.21. The van der Waals surface area contributed by atoms with Gasteiger partial charge in [0, 0.05) is 17.6 Å². The van der Waals surface area contributed by atoms with Gasteiger partial charge in [0.25, 0.3) is 0 Å². The van der Waals surface area contributed by atoms with Gasteiger partial charge in [0.2, 0.25) is 11.8 Å². The minimum Gasteiger partial charge on any atom is -0.462 e. The first-order chi connectivity index (χ1) is 12.8. The third-order valence-corrected chi connectivity index (χ3v) is 4.32. The van der Waals surface area contributed by atoms with Gasteiger partial charge in [-0.25, -0.2) is 4.79 Å². The van der Waals surface area contributed by atoms with Crippen molar-refractivity contribution in [2.24, 2.45) is 0 Å². The van der Waals surface area contributed by atoms with Crippen LogP contribution in [0.2, 0.25) is 5.02 Å². The molecule has 142 valence electrons. The van der Waals surface area contributed by atoms with Gasteiger partial charge < -0.3 is 15.0 Å². The molecule has 0 aliphatic heterocycles. The van der Waals surface area contributed by atoms with E-state index in [9.17, 15) is 14.4 Å². The minimum absolute atomic E-state index is 0.215. The predicted molar refractivity (Wildman–Crippen MR) is 105 cm³/mol. The van der Waals surface area contributed by atoms with Gasteiger partial charge in [-0.05, 0) is 43.7 Å². The molecule has 0 aliphatic rings. The maximum atomic E-state index is 12.5. The highest BCUT2D eigenvalue weighted by atomic mass is 35.5. The highest BCUT2D eigenvalue weighted by Gasteiger charge is 2.20. The van der Waals surface area contributed by atoms with E-state index < -0.39 is 11.9 Å². The summed E-state index contributed by atoms with van der Waals surface area (Å²) in [4.78, 5) is 38.0. The lowest BCUT2D eigenvalue weighted by molar-refractivity contribution is -0.120.